The standard InChI is InChI=1S/C48H47N4O.Pt/c1-46(2,3)32-14-12-15-35(26-32)51-31-52(51,44-19-11-10-18-43(44)51)36-16-13-17-37(29-36)53-38-21-22-39-40-27-33(47(4,5)6)20-23-41(40)50(42(39)30-38)45-28-34(24-25-49-45)48(7,8)9;/h10-28,31H,1-9H3;/q-1;/t51-,52?;/m0./s1. The summed E-state index contributed by atoms with van der Waals surface area (Å²) in [5.74, 6) is 2.16. The van der Waals surface area contributed by atoms with Crippen LogP contribution in [0.25, 0.3) is 27.6 Å². The van der Waals surface area contributed by atoms with Crippen LogP contribution in [-0.2, 0) is 37.3 Å². The number of fused-ring (bicyclic) bond motifs is 7. The van der Waals surface area contributed by atoms with E-state index in [4.69, 9.17) is 9.72 Å². The Labute approximate surface area is 334 Å². The summed E-state index contributed by atoms with van der Waals surface area (Å²) in [5, 5.41) is 2.30. The van der Waals surface area contributed by atoms with Crippen LogP contribution in [-0.4, -0.2) is 9.55 Å². The number of para-hydroxylation sites is 2. The summed E-state index contributed by atoms with van der Waals surface area (Å²) < 4.78 is 10.1. The third-order valence-electron chi connectivity index (χ3n) is 11.2. The summed E-state index contributed by atoms with van der Waals surface area (Å²) >= 11 is 0. The SMILES string of the molecule is CC(C)(C)c1cccc([N@+]23[CH-][N+]2(c2[c-]c(Oc4[c-]c5c(cc4)c4cc(C(C)(C)C)ccc4n5-c4cc(C(C)(C)C)ccn4)ccc2)c2ccccc23)c1.[Pt]. The van der Waals surface area contributed by atoms with Gasteiger partial charge in [-0.1, -0.05) is 110 Å². The van der Waals surface area contributed by atoms with Gasteiger partial charge < -0.3 is 9.30 Å². The second-order valence-electron chi connectivity index (χ2n) is 17.8. The fourth-order valence-corrected chi connectivity index (χ4v) is 8.12. The molecule has 4 heterocycles. The summed E-state index contributed by atoms with van der Waals surface area (Å²) in [5.41, 5.74) is 10.8. The van der Waals surface area contributed by atoms with Crippen molar-refractivity contribution in [2.45, 2.75) is 78.6 Å². The van der Waals surface area contributed by atoms with Gasteiger partial charge >= 0.3 is 0 Å². The van der Waals surface area contributed by atoms with E-state index in [1.165, 1.54) is 39.1 Å². The van der Waals surface area contributed by atoms with Gasteiger partial charge in [0, 0.05) is 68.5 Å². The van der Waals surface area contributed by atoms with Crippen LogP contribution in [0.2, 0.25) is 0 Å². The minimum Gasteiger partial charge on any atom is -0.509 e. The van der Waals surface area contributed by atoms with Crippen molar-refractivity contribution in [3.63, 3.8) is 0 Å². The molecular formula is C48H47N4OPt-. The molecule has 0 radical (unpaired) electrons. The quantitative estimate of drug-likeness (QED) is 0.0978. The second-order valence-corrected chi connectivity index (χ2v) is 17.8. The van der Waals surface area contributed by atoms with E-state index in [0.29, 0.717) is 20.7 Å². The van der Waals surface area contributed by atoms with E-state index < -0.39 is 0 Å². The first kappa shape index (κ1) is 36.4. The first-order chi connectivity index (χ1) is 25.1. The molecule has 1 saturated heterocycles. The number of hydrogen-bond donors (Lipinski definition) is 0. The van der Waals surface area contributed by atoms with E-state index >= 15 is 0 Å². The van der Waals surface area contributed by atoms with Crippen LogP contribution in [0.5, 0.6) is 11.5 Å². The molecule has 0 N–H and O–H groups in total. The maximum Gasteiger partial charge on any atom is 0.225 e. The van der Waals surface area contributed by atoms with Crippen molar-refractivity contribution in [1.29, 1.82) is 0 Å². The molecule has 2 aromatic heterocycles. The molecule has 2 aliphatic rings. The maximum atomic E-state index is 6.67. The fourth-order valence-electron chi connectivity index (χ4n) is 8.12. The molecule has 6 heteroatoms. The predicted octanol–water partition coefficient (Wildman–Crippen LogP) is 12.8. The number of aromatic nitrogens is 2. The Bertz CT molecular complexity index is 2600. The fraction of sp³-hybridized carbons (Fsp3) is 0.250. The molecule has 276 valence electrons. The molecule has 5 nitrogen and oxygen atoms in total. The molecule has 1 fully saturated rings. The average molecular weight is 891 g/mol. The summed E-state index contributed by atoms with van der Waals surface area (Å²) in [7, 11) is 0. The molecule has 2 atom stereocenters. The van der Waals surface area contributed by atoms with Gasteiger partial charge in [0.25, 0.3) is 0 Å². The maximum absolute atomic E-state index is 6.67. The Morgan fingerprint density at radius 3 is 1.96 bits per heavy atom. The zero-order chi connectivity index (χ0) is 37.1. The zero-order valence-corrected chi connectivity index (χ0v) is 34.8. The number of rotatable bonds is 5. The Hall–Kier alpha value is -4.54. The summed E-state index contributed by atoms with van der Waals surface area (Å²) in [6.07, 6.45) is 1.92. The van der Waals surface area contributed by atoms with Crippen LogP contribution in [0, 0.1) is 18.8 Å². The van der Waals surface area contributed by atoms with Gasteiger partial charge in [-0.3, -0.25) is 0 Å². The minimum absolute atomic E-state index is 0. The van der Waals surface area contributed by atoms with Crippen LogP contribution >= 0.6 is 0 Å². The van der Waals surface area contributed by atoms with Crippen molar-refractivity contribution < 1.29 is 25.8 Å². The molecule has 0 amide bonds. The van der Waals surface area contributed by atoms with Gasteiger partial charge in [-0.15, -0.1) is 29.7 Å². The van der Waals surface area contributed by atoms with Gasteiger partial charge in [-0.25, -0.2) is 9.58 Å². The molecule has 2 aliphatic heterocycles. The molecule has 7 aromatic rings. The summed E-state index contributed by atoms with van der Waals surface area (Å²) in [6.45, 7) is 22.7. The topological polar surface area (TPSA) is 27.1 Å². The number of pyridine rings is 1. The second kappa shape index (κ2) is 12.2. The Morgan fingerprint density at radius 1 is 0.593 bits per heavy atom. The first-order valence-corrected chi connectivity index (χ1v) is 18.7. The molecule has 0 saturated carbocycles. The van der Waals surface area contributed by atoms with Gasteiger partial charge in [-0.05, 0) is 56.5 Å². The third-order valence-corrected chi connectivity index (χ3v) is 11.2. The van der Waals surface area contributed by atoms with E-state index in [1.807, 2.05) is 18.3 Å². The van der Waals surface area contributed by atoms with Crippen molar-refractivity contribution in [3.05, 3.63) is 151 Å². The third kappa shape index (κ3) is 5.42. The largest absolute Gasteiger partial charge is 0.509 e. The van der Waals surface area contributed by atoms with Crippen LogP contribution in [0.1, 0.15) is 79.0 Å². The Balaban J connectivity index is 0.00000413. The van der Waals surface area contributed by atoms with Gasteiger partial charge in [-0.2, -0.15) is 16.7 Å². The minimum atomic E-state index is -0.0155. The van der Waals surface area contributed by atoms with Crippen molar-refractivity contribution in [2.75, 3.05) is 0 Å². The van der Waals surface area contributed by atoms with E-state index in [-0.39, 0.29) is 37.3 Å². The van der Waals surface area contributed by atoms with Crippen molar-refractivity contribution in [2.24, 2.45) is 0 Å². The van der Waals surface area contributed by atoms with Crippen molar-refractivity contribution >= 4 is 44.6 Å². The monoisotopic (exact) mass is 890 g/mol. The normalized spacial score (nSPS) is 19.1. The van der Waals surface area contributed by atoms with Gasteiger partial charge in [0.2, 0.25) is 11.4 Å². The van der Waals surface area contributed by atoms with Crippen molar-refractivity contribution in [3.8, 4) is 17.3 Å². The smallest absolute Gasteiger partial charge is 0.225 e. The summed E-state index contributed by atoms with van der Waals surface area (Å²) in [4.78, 5) is 4.90. The van der Waals surface area contributed by atoms with Crippen molar-refractivity contribution in [1.82, 2.24) is 18.7 Å². The predicted molar refractivity (Wildman–Crippen MR) is 219 cm³/mol. The molecule has 5 aromatic carbocycles. The molecular weight excluding hydrogens is 844 g/mol. The van der Waals surface area contributed by atoms with Crippen LogP contribution in [0.3, 0.4) is 0 Å². The van der Waals surface area contributed by atoms with Gasteiger partial charge in [0.15, 0.2) is 12.4 Å². The molecule has 54 heavy (non-hydrogen) atoms. The zero-order valence-electron chi connectivity index (χ0n) is 32.6. The first-order valence-electron chi connectivity index (χ1n) is 18.7. The number of nitrogens with zero attached hydrogens (tertiary/aromatic N) is 4. The number of benzene rings is 5. The van der Waals surface area contributed by atoms with E-state index in [0.717, 1.165) is 27.9 Å². The van der Waals surface area contributed by atoms with Crippen LogP contribution in [0.4, 0.5) is 22.7 Å². The molecule has 0 aliphatic carbocycles. The van der Waals surface area contributed by atoms with Crippen LogP contribution in [0.15, 0.2) is 115 Å². The summed E-state index contributed by atoms with van der Waals surface area (Å²) in [6, 6.07) is 46.7. The van der Waals surface area contributed by atoms with Gasteiger partial charge in [0.05, 0.1) is 5.69 Å². The Kier molecular flexibility index (Phi) is 8.25. The van der Waals surface area contributed by atoms with E-state index in [2.05, 4.69) is 183 Å². The van der Waals surface area contributed by atoms with E-state index in [1.54, 1.807) is 0 Å². The molecule has 0 spiro atoms. The number of quaternary nitrogens is 2. The van der Waals surface area contributed by atoms with E-state index in [9.17, 15) is 0 Å². The average Bonchev–Trinajstić information content (AvgIpc) is 3.61. The number of hydrogen-bond acceptors (Lipinski definition) is 2. The number of ether oxygens (including phenoxy) is 1. The Morgan fingerprint density at radius 2 is 1.24 bits per heavy atom. The molecule has 0 bridgehead atoms. The molecule has 9 rings (SSSR count). The molecule has 1 unspecified atom stereocenters. The van der Waals surface area contributed by atoms with Crippen LogP contribution < -0.4 is 13.9 Å². The van der Waals surface area contributed by atoms with Gasteiger partial charge in [0.1, 0.15) is 5.82 Å².